The predicted octanol–water partition coefficient (Wildman–Crippen LogP) is 2.69. The molecule has 0 aliphatic carbocycles. The molecule has 5 heteroatoms. The molecule has 1 atom stereocenters. The van der Waals surface area contributed by atoms with Crippen molar-refractivity contribution < 1.29 is 14.3 Å². The van der Waals surface area contributed by atoms with Crippen molar-refractivity contribution in [2.45, 2.75) is 47.0 Å². The van der Waals surface area contributed by atoms with E-state index in [1.165, 1.54) is 0 Å². The van der Waals surface area contributed by atoms with Gasteiger partial charge in [0.1, 0.15) is 5.75 Å². The predicted molar refractivity (Wildman–Crippen MR) is 86.5 cm³/mol. The highest BCUT2D eigenvalue weighted by molar-refractivity contribution is 5.83. The fourth-order valence-electron chi connectivity index (χ4n) is 1.86. The van der Waals surface area contributed by atoms with E-state index in [2.05, 4.69) is 24.7 Å². The zero-order chi connectivity index (χ0) is 16.7. The van der Waals surface area contributed by atoms with Crippen molar-refractivity contribution in [3.8, 4) is 5.75 Å². The first kappa shape index (κ1) is 18.0. The highest BCUT2D eigenvalue weighted by Gasteiger charge is 2.13. The molecule has 122 valence electrons. The van der Waals surface area contributed by atoms with Crippen LogP contribution >= 0.6 is 0 Å². The fraction of sp³-hybridized carbons (Fsp3) is 0.529. The van der Waals surface area contributed by atoms with Gasteiger partial charge >= 0.3 is 0 Å². The van der Waals surface area contributed by atoms with E-state index in [1.54, 1.807) is 6.92 Å². The van der Waals surface area contributed by atoms with Gasteiger partial charge in [-0.15, -0.1) is 0 Å². The van der Waals surface area contributed by atoms with Crippen LogP contribution < -0.4 is 15.6 Å². The average Bonchev–Trinajstić information content (AvgIpc) is 2.49. The van der Waals surface area contributed by atoms with Crippen molar-refractivity contribution in [2.24, 2.45) is 5.92 Å². The largest absolute Gasteiger partial charge is 0.483 e. The van der Waals surface area contributed by atoms with E-state index in [4.69, 9.17) is 4.74 Å². The van der Waals surface area contributed by atoms with E-state index >= 15 is 0 Å². The second-order valence-electron chi connectivity index (χ2n) is 5.83. The number of benzene rings is 1. The van der Waals surface area contributed by atoms with Crippen LogP contribution in [0.15, 0.2) is 18.2 Å². The Bertz CT molecular complexity index is 527. The summed E-state index contributed by atoms with van der Waals surface area (Å²) in [5.41, 5.74) is 6.90. The van der Waals surface area contributed by atoms with Gasteiger partial charge in [0.2, 0.25) is 5.91 Å². The number of carbonyl (C=O) groups excluding carboxylic acids is 2. The van der Waals surface area contributed by atoms with Gasteiger partial charge in [0.25, 0.3) is 5.91 Å². The number of amides is 2. The molecule has 2 amide bonds. The number of carbonyl (C=O) groups is 2. The summed E-state index contributed by atoms with van der Waals surface area (Å²) >= 11 is 0. The molecule has 22 heavy (non-hydrogen) atoms. The van der Waals surface area contributed by atoms with Crippen LogP contribution in [0.3, 0.4) is 0 Å². The Balaban J connectivity index is 2.54. The molecule has 1 aromatic carbocycles. The molecule has 0 aliphatic rings. The SMILES string of the molecule is CCC(C)C(=O)NNC(=O)COc1cc(C)ccc1C(C)C. The summed E-state index contributed by atoms with van der Waals surface area (Å²) in [6.07, 6.45) is 0.721. The van der Waals surface area contributed by atoms with Crippen molar-refractivity contribution in [3.05, 3.63) is 29.3 Å². The van der Waals surface area contributed by atoms with E-state index in [9.17, 15) is 9.59 Å². The highest BCUT2D eigenvalue weighted by Crippen LogP contribution is 2.27. The Labute approximate surface area is 132 Å². The van der Waals surface area contributed by atoms with Crippen LogP contribution in [0.25, 0.3) is 0 Å². The number of hydrogen-bond donors (Lipinski definition) is 2. The molecule has 0 fully saturated rings. The number of nitrogens with one attached hydrogen (secondary N) is 2. The molecule has 1 unspecified atom stereocenters. The summed E-state index contributed by atoms with van der Waals surface area (Å²) in [6, 6.07) is 5.95. The molecule has 0 aliphatic heterocycles. The van der Waals surface area contributed by atoms with Gasteiger partial charge in [-0.05, 0) is 36.5 Å². The van der Waals surface area contributed by atoms with Crippen molar-refractivity contribution in [1.82, 2.24) is 10.9 Å². The van der Waals surface area contributed by atoms with E-state index in [0.29, 0.717) is 11.7 Å². The molecule has 0 saturated heterocycles. The molecule has 1 rings (SSSR count). The minimum Gasteiger partial charge on any atom is -0.483 e. The number of ether oxygens (including phenoxy) is 1. The second-order valence-corrected chi connectivity index (χ2v) is 5.83. The Hall–Kier alpha value is -2.04. The summed E-state index contributed by atoms with van der Waals surface area (Å²) in [6.45, 7) is 9.71. The lowest BCUT2D eigenvalue weighted by Gasteiger charge is -2.15. The van der Waals surface area contributed by atoms with Crippen molar-refractivity contribution in [1.29, 1.82) is 0 Å². The van der Waals surface area contributed by atoms with Crippen molar-refractivity contribution >= 4 is 11.8 Å². The van der Waals surface area contributed by atoms with Gasteiger partial charge in [-0.2, -0.15) is 0 Å². The Morgan fingerprint density at radius 2 is 1.86 bits per heavy atom. The summed E-state index contributed by atoms with van der Waals surface area (Å²) in [5, 5.41) is 0. The van der Waals surface area contributed by atoms with Gasteiger partial charge in [-0.3, -0.25) is 20.4 Å². The Morgan fingerprint density at radius 3 is 2.45 bits per heavy atom. The van der Waals surface area contributed by atoms with E-state index in [1.807, 2.05) is 32.0 Å². The topological polar surface area (TPSA) is 67.4 Å². The van der Waals surface area contributed by atoms with Crippen LogP contribution in [0.5, 0.6) is 5.75 Å². The molecule has 0 saturated carbocycles. The molecule has 0 bridgehead atoms. The first-order valence-electron chi connectivity index (χ1n) is 7.67. The molecule has 0 heterocycles. The molecule has 0 spiro atoms. The third-order valence-corrected chi connectivity index (χ3v) is 3.53. The minimum atomic E-state index is -0.382. The van der Waals surface area contributed by atoms with E-state index in [0.717, 1.165) is 17.5 Å². The summed E-state index contributed by atoms with van der Waals surface area (Å²) in [7, 11) is 0. The van der Waals surface area contributed by atoms with Gasteiger partial charge in [0.05, 0.1) is 0 Å². The molecule has 2 N–H and O–H groups in total. The lowest BCUT2D eigenvalue weighted by atomic mass is 10.0. The maximum absolute atomic E-state index is 11.7. The minimum absolute atomic E-state index is 0.134. The smallest absolute Gasteiger partial charge is 0.276 e. The zero-order valence-electron chi connectivity index (χ0n) is 14.0. The first-order valence-corrected chi connectivity index (χ1v) is 7.67. The maximum atomic E-state index is 11.7. The van der Waals surface area contributed by atoms with Crippen LogP contribution in [0.1, 0.15) is 51.2 Å². The fourth-order valence-corrected chi connectivity index (χ4v) is 1.86. The highest BCUT2D eigenvalue weighted by atomic mass is 16.5. The van der Waals surface area contributed by atoms with Gasteiger partial charge in [0, 0.05) is 5.92 Å². The van der Waals surface area contributed by atoms with E-state index in [-0.39, 0.29) is 24.3 Å². The van der Waals surface area contributed by atoms with Crippen LogP contribution in [0.2, 0.25) is 0 Å². The summed E-state index contributed by atoms with van der Waals surface area (Å²) < 4.78 is 5.60. The normalized spacial score (nSPS) is 11.9. The zero-order valence-corrected chi connectivity index (χ0v) is 14.0. The third kappa shape index (κ3) is 5.39. The second kappa shape index (κ2) is 8.41. The number of hydrazine groups is 1. The molecule has 0 aromatic heterocycles. The van der Waals surface area contributed by atoms with Gasteiger partial charge in [-0.1, -0.05) is 39.8 Å². The van der Waals surface area contributed by atoms with Crippen LogP contribution in [0, 0.1) is 12.8 Å². The van der Waals surface area contributed by atoms with Gasteiger partial charge in [-0.25, -0.2) is 0 Å². The third-order valence-electron chi connectivity index (χ3n) is 3.53. The molecule has 0 radical (unpaired) electrons. The molecule has 5 nitrogen and oxygen atoms in total. The Morgan fingerprint density at radius 1 is 1.18 bits per heavy atom. The van der Waals surface area contributed by atoms with Gasteiger partial charge in [0.15, 0.2) is 6.61 Å². The standard InChI is InChI=1S/C17H26N2O3/c1-6-13(5)17(21)19-18-16(20)10-22-15-9-12(4)7-8-14(15)11(2)3/h7-9,11,13H,6,10H2,1-5H3,(H,18,20)(H,19,21). The lowest BCUT2D eigenvalue weighted by molar-refractivity contribution is -0.131. The Kier molecular flexibility index (Phi) is 6.89. The maximum Gasteiger partial charge on any atom is 0.276 e. The number of rotatable bonds is 6. The molecular weight excluding hydrogens is 280 g/mol. The average molecular weight is 306 g/mol. The van der Waals surface area contributed by atoms with E-state index < -0.39 is 0 Å². The molecular formula is C17H26N2O3. The number of hydrogen-bond acceptors (Lipinski definition) is 3. The summed E-state index contributed by atoms with van der Waals surface area (Å²) in [4.78, 5) is 23.3. The molecule has 1 aromatic rings. The van der Waals surface area contributed by atoms with Crippen LogP contribution in [-0.4, -0.2) is 18.4 Å². The van der Waals surface area contributed by atoms with Crippen molar-refractivity contribution in [2.75, 3.05) is 6.61 Å². The summed E-state index contributed by atoms with van der Waals surface area (Å²) in [5.74, 6) is 0.301. The first-order chi connectivity index (χ1) is 10.3. The quantitative estimate of drug-likeness (QED) is 0.794. The van der Waals surface area contributed by atoms with Gasteiger partial charge < -0.3 is 4.74 Å². The van der Waals surface area contributed by atoms with Crippen molar-refractivity contribution in [3.63, 3.8) is 0 Å². The lowest BCUT2D eigenvalue weighted by Crippen LogP contribution is -2.45. The number of aryl methyl sites for hydroxylation is 1. The monoisotopic (exact) mass is 306 g/mol. The van der Waals surface area contributed by atoms with Crippen LogP contribution in [0.4, 0.5) is 0 Å². The van der Waals surface area contributed by atoms with Crippen LogP contribution in [-0.2, 0) is 9.59 Å².